The lowest BCUT2D eigenvalue weighted by atomic mass is 10.0. The minimum atomic E-state index is -0.0491. The lowest BCUT2D eigenvalue weighted by molar-refractivity contribution is 0.579. The van der Waals surface area contributed by atoms with Gasteiger partial charge in [0.15, 0.2) is 0 Å². The summed E-state index contributed by atoms with van der Waals surface area (Å²) in [4.78, 5) is 0. The second-order valence-electron chi connectivity index (χ2n) is 4.96. The molecule has 0 aliphatic heterocycles. The molecular weight excluding hydrogens is 184 g/mol. The Kier molecular flexibility index (Phi) is 3.40. The molecule has 0 bridgehead atoms. The van der Waals surface area contributed by atoms with Gasteiger partial charge in [-0.3, -0.25) is 0 Å². The van der Waals surface area contributed by atoms with Crippen LogP contribution in [0.4, 0.5) is 5.69 Å². The lowest BCUT2D eigenvalue weighted by Gasteiger charge is -2.27. The Morgan fingerprint density at radius 1 is 1.07 bits per heavy atom. The van der Waals surface area contributed by atoms with Crippen molar-refractivity contribution in [3.63, 3.8) is 0 Å². The Morgan fingerprint density at radius 2 is 1.60 bits per heavy atom. The number of nitrogens with one attached hydrogen (secondary N) is 1. The molecule has 1 rings (SSSR count). The summed E-state index contributed by atoms with van der Waals surface area (Å²) in [6.07, 6.45) is 0. The molecule has 0 aliphatic rings. The van der Waals surface area contributed by atoms with E-state index in [1.807, 2.05) is 0 Å². The van der Waals surface area contributed by atoms with Crippen molar-refractivity contribution in [2.24, 2.45) is 5.73 Å². The highest BCUT2D eigenvalue weighted by molar-refractivity contribution is 5.56. The van der Waals surface area contributed by atoms with Gasteiger partial charge < -0.3 is 11.1 Å². The molecule has 1 aromatic carbocycles. The standard InChI is InChI=1S/C13H22N2/c1-9-6-11(3)12(7-10(9)2)15-13(4,5)8-14/h6-7,15H,8,14H2,1-5H3. The van der Waals surface area contributed by atoms with Crippen molar-refractivity contribution in [3.8, 4) is 0 Å². The first-order valence-electron chi connectivity index (χ1n) is 5.42. The van der Waals surface area contributed by atoms with Crippen molar-refractivity contribution in [3.05, 3.63) is 28.8 Å². The van der Waals surface area contributed by atoms with Crippen LogP contribution in [-0.2, 0) is 0 Å². The van der Waals surface area contributed by atoms with E-state index < -0.39 is 0 Å². The molecule has 0 fully saturated rings. The van der Waals surface area contributed by atoms with Gasteiger partial charge in [0.05, 0.1) is 0 Å². The molecular formula is C13H22N2. The minimum Gasteiger partial charge on any atom is -0.379 e. The first-order valence-corrected chi connectivity index (χ1v) is 5.42. The third-order valence-corrected chi connectivity index (χ3v) is 2.82. The van der Waals surface area contributed by atoms with Crippen molar-refractivity contribution < 1.29 is 0 Å². The first-order chi connectivity index (χ1) is 6.85. The Morgan fingerprint density at radius 3 is 2.13 bits per heavy atom. The molecule has 84 valence electrons. The summed E-state index contributed by atoms with van der Waals surface area (Å²) >= 11 is 0. The Bertz CT molecular complexity index is 354. The van der Waals surface area contributed by atoms with Gasteiger partial charge in [-0.25, -0.2) is 0 Å². The normalized spacial score (nSPS) is 11.6. The molecule has 2 nitrogen and oxygen atoms in total. The van der Waals surface area contributed by atoms with Gasteiger partial charge >= 0.3 is 0 Å². The van der Waals surface area contributed by atoms with Crippen LogP contribution in [0.2, 0.25) is 0 Å². The van der Waals surface area contributed by atoms with Crippen molar-refractivity contribution in [1.82, 2.24) is 0 Å². The highest BCUT2D eigenvalue weighted by Gasteiger charge is 2.15. The van der Waals surface area contributed by atoms with Crippen molar-refractivity contribution in [1.29, 1.82) is 0 Å². The molecule has 0 saturated heterocycles. The average molecular weight is 206 g/mol. The molecule has 0 radical (unpaired) electrons. The summed E-state index contributed by atoms with van der Waals surface area (Å²) in [6.45, 7) is 11.2. The molecule has 1 aromatic rings. The maximum Gasteiger partial charge on any atom is 0.0439 e. The van der Waals surface area contributed by atoms with E-state index in [4.69, 9.17) is 5.73 Å². The quantitative estimate of drug-likeness (QED) is 0.798. The summed E-state index contributed by atoms with van der Waals surface area (Å²) in [6, 6.07) is 4.41. The summed E-state index contributed by atoms with van der Waals surface area (Å²) in [7, 11) is 0. The van der Waals surface area contributed by atoms with Crippen molar-refractivity contribution in [2.45, 2.75) is 40.2 Å². The summed E-state index contributed by atoms with van der Waals surface area (Å²) in [5.74, 6) is 0. The molecule has 0 spiro atoms. The van der Waals surface area contributed by atoms with E-state index in [0.717, 1.165) is 0 Å². The van der Waals surface area contributed by atoms with Crippen LogP contribution in [0.25, 0.3) is 0 Å². The summed E-state index contributed by atoms with van der Waals surface area (Å²) < 4.78 is 0. The SMILES string of the molecule is Cc1cc(C)c(NC(C)(C)CN)cc1C. The van der Waals surface area contributed by atoms with Gasteiger partial charge in [0.25, 0.3) is 0 Å². The maximum atomic E-state index is 5.71. The van der Waals surface area contributed by atoms with Crippen molar-refractivity contribution in [2.75, 3.05) is 11.9 Å². The predicted octanol–water partition coefficient (Wildman–Crippen LogP) is 2.76. The van der Waals surface area contributed by atoms with Crippen LogP contribution >= 0.6 is 0 Å². The number of benzene rings is 1. The third-order valence-electron chi connectivity index (χ3n) is 2.82. The number of hydrogen-bond donors (Lipinski definition) is 2. The maximum absolute atomic E-state index is 5.71. The van der Waals surface area contributed by atoms with Crippen LogP contribution in [0.5, 0.6) is 0 Å². The zero-order valence-corrected chi connectivity index (χ0v) is 10.4. The Labute approximate surface area is 92.9 Å². The zero-order valence-electron chi connectivity index (χ0n) is 10.4. The molecule has 3 N–H and O–H groups in total. The molecule has 2 heteroatoms. The molecule has 0 unspecified atom stereocenters. The lowest BCUT2D eigenvalue weighted by Crippen LogP contribution is -2.39. The summed E-state index contributed by atoms with van der Waals surface area (Å²) in [5.41, 5.74) is 10.8. The molecule has 0 saturated carbocycles. The van der Waals surface area contributed by atoms with Gasteiger partial charge in [-0.2, -0.15) is 0 Å². The van der Waals surface area contributed by atoms with Gasteiger partial charge in [0.2, 0.25) is 0 Å². The second-order valence-corrected chi connectivity index (χ2v) is 4.96. The fourth-order valence-electron chi connectivity index (χ4n) is 1.51. The number of rotatable bonds is 3. The van der Waals surface area contributed by atoms with E-state index >= 15 is 0 Å². The Balaban J connectivity index is 3.01. The van der Waals surface area contributed by atoms with E-state index in [1.54, 1.807) is 0 Å². The number of hydrogen-bond acceptors (Lipinski definition) is 2. The molecule has 15 heavy (non-hydrogen) atoms. The number of anilines is 1. The van der Waals surface area contributed by atoms with Gasteiger partial charge in [-0.15, -0.1) is 0 Å². The fourth-order valence-corrected chi connectivity index (χ4v) is 1.51. The molecule has 0 atom stereocenters. The van der Waals surface area contributed by atoms with Gasteiger partial charge in [-0.05, 0) is 57.4 Å². The van der Waals surface area contributed by atoms with Crippen LogP contribution in [0, 0.1) is 20.8 Å². The minimum absolute atomic E-state index is 0.0491. The van der Waals surface area contributed by atoms with Crippen molar-refractivity contribution >= 4 is 5.69 Å². The second kappa shape index (κ2) is 4.23. The van der Waals surface area contributed by atoms with Crippen LogP contribution in [0.15, 0.2) is 12.1 Å². The summed E-state index contributed by atoms with van der Waals surface area (Å²) in [5, 5.41) is 3.48. The van der Waals surface area contributed by atoms with Crippen LogP contribution < -0.4 is 11.1 Å². The van der Waals surface area contributed by atoms with Crippen LogP contribution in [0.1, 0.15) is 30.5 Å². The van der Waals surface area contributed by atoms with Gasteiger partial charge in [-0.1, -0.05) is 6.07 Å². The molecule has 0 heterocycles. The van der Waals surface area contributed by atoms with E-state index in [0.29, 0.717) is 6.54 Å². The molecule has 0 aliphatic carbocycles. The number of aryl methyl sites for hydroxylation is 3. The van der Waals surface area contributed by atoms with E-state index in [2.05, 4.69) is 52.1 Å². The topological polar surface area (TPSA) is 38.0 Å². The monoisotopic (exact) mass is 206 g/mol. The first kappa shape index (κ1) is 12.1. The highest BCUT2D eigenvalue weighted by Crippen LogP contribution is 2.22. The van der Waals surface area contributed by atoms with Crippen LogP contribution in [0.3, 0.4) is 0 Å². The van der Waals surface area contributed by atoms with Crippen LogP contribution in [-0.4, -0.2) is 12.1 Å². The van der Waals surface area contributed by atoms with E-state index in [-0.39, 0.29) is 5.54 Å². The zero-order chi connectivity index (χ0) is 11.6. The van der Waals surface area contributed by atoms with Gasteiger partial charge in [0, 0.05) is 17.8 Å². The third kappa shape index (κ3) is 2.96. The highest BCUT2D eigenvalue weighted by atomic mass is 15.0. The van der Waals surface area contributed by atoms with E-state index in [1.165, 1.54) is 22.4 Å². The molecule has 0 amide bonds. The largest absolute Gasteiger partial charge is 0.379 e. The molecule has 0 aromatic heterocycles. The average Bonchev–Trinajstić information content (AvgIpc) is 2.14. The van der Waals surface area contributed by atoms with E-state index in [9.17, 15) is 0 Å². The Hall–Kier alpha value is -1.02. The number of nitrogens with two attached hydrogens (primary N) is 1. The smallest absolute Gasteiger partial charge is 0.0439 e. The predicted molar refractivity (Wildman–Crippen MR) is 67.4 cm³/mol. The van der Waals surface area contributed by atoms with Gasteiger partial charge in [0.1, 0.15) is 0 Å². The fraction of sp³-hybridized carbons (Fsp3) is 0.538.